The molecule has 4 N–H and O–H groups in total. The summed E-state index contributed by atoms with van der Waals surface area (Å²) in [6.07, 6.45) is -0.350. The van der Waals surface area contributed by atoms with Gasteiger partial charge in [-0.15, -0.1) is 5.10 Å². The zero-order valence-corrected chi connectivity index (χ0v) is 21.8. The molecule has 12 heteroatoms. The van der Waals surface area contributed by atoms with Crippen molar-refractivity contribution in [3.63, 3.8) is 0 Å². The van der Waals surface area contributed by atoms with Gasteiger partial charge in [-0.1, -0.05) is 54.2 Å². The number of likely N-dealkylation sites (N-methyl/N-ethyl adjacent to an activating group) is 1. The first kappa shape index (κ1) is 25.8. The van der Waals surface area contributed by atoms with E-state index in [-0.39, 0.29) is 31.5 Å². The third-order valence-corrected chi connectivity index (χ3v) is 8.23. The molecular formula is C25H33N7O4S. The van der Waals surface area contributed by atoms with Gasteiger partial charge < -0.3 is 25.5 Å². The maximum absolute atomic E-state index is 12.8. The molecule has 2 heterocycles. The topological polar surface area (TPSA) is 150 Å². The molecule has 3 aromatic rings. The summed E-state index contributed by atoms with van der Waals surface area (Å²) in [4.78, 5) is 23.6. The van der Waals surface area contributed by atoms with Crippen LogP contribution < -0.4 is 5.32 Å². The summed E-state index contributed by atoms with van der Waals surface area (Å²) >= 11 is 1.54. The Kier molecular flexibility index (Phi) is 7.61. The van der Waals surface area contributed by atoms with Gasteiger partial charge >= 0.3 is 0 Å². The predicted octanol–water partition coefficient (Wildman–Crippen LogP) is 1.42. The Morgan fingerprint density at radius 2 is 1.97 bits per heavy atom. The van der Waals surface area contributed by atoms with Gasteiger partial charge in [0, 0.05) is 31.3 Å². The summed E-state index contributed by atoms with van der Waals surface area (Å²) in [5, 5.41) is 43.5. The number of hydrogen-bond donors (Lipinski definition) is 4. The highest BCUT2D eigenvalue weighted by molar-refractivity contribution is 7.99. The second-order valence-corrected chi connectivity index (χ2v) is 10.8. The molecule has 0 spiro atoms. The van der Waals surface area contributed by atoms with Gasteiger partial charge in [0.1, 0.15) is 6.10 Å². The van der Waals surface area contributed by atoms with Crippen LogP contribution in [-0.2, 0) is 4.79 Å². The van der Waals surface area contributed by atoms with Gasteiger partial charge in [-0.2, -0.15) is 0 Å². The van der Waals surface area contributed by atoms with Gasteiger partial charge in [-0.05, 0) is 24.8 Å². The van der Waals surface area contributed by atoms with Crippen LogP contribution in [0.5, 0.6) is 0 Å². The van der Waals surface area contributed by atoms with E-state index in [4.69, 9.17) is 9.97 Å². The number of amides is 1. The number of rotatable bonds is 10. The summed E-state index contributed by atoms with van der Waals surface area (Å²) < 4.78 is 1.52. The normalized spacial score (nSPS) is 26.9. The number of carbonyl (C=O) groups is 1. The van der Waals surface area contributed by atoms with Gasteiger partial charge in [-0.25, -0.2) is 14.6 Å². The Morgan fingerprint density at radius 1 is 1.19 bits per heavy atom. The molecule has 6 atom stereocenters. The molecule has 1 amide bonds. The van der Waals surface area contributed by atoms with E-state index in [1.54, 1.807) is 7.05 Å². The molecule has 0 bridgehead atoms. The summed E-state index contributed by atoms with van der Waals surface area (Å²) in [6, 6.07) is 9.89. The maximum Gasteiger partial charge on any atom is 0.228 e. The number of thioether (sulfide) groups is 1. The van der Waals surface area contributed by atoms with Crippen LogP contribution in [0, 0.1) is 5.92 Å². The number of hydrogen-bond acceptors (Lipinski definition) is 10. The molecule has 2 aliphatic rings. The van der Waals surface area contributed by atoms with E-state index < -0.39 is 24.2 Å². The van der Waals surface area contributed by atoms with Crippen LogP contribution in [0.15, 0.2) is 35.5 Å². The van der Waals surface area contributed by atoms with E-state index in [0.29, 0.717) is 28.1 Å². The molecule has 0 radical (unpaired) electrons. The molecule has 0 aliphatic heterocycles. The molecule has 2 aliphatic carbocycles. The van der Waals surface area contributed by atoms with E-state index in [1.165, 1.54) is 26.9 Å². The quantitative estimate of drug-likeness (QED) is 0.225. The average Bonchev–Trinajstić information content (AvgIpc) is 3.45. The highest BCUT2D eigenvalue weighted by Gasteiger charge is 2.48. The SMILES string of the molecule is CCCSc1nc(NC2CC2c2ccccc2)c2nnn(C3CC(C(=O)N(C)CCO)C(O)C3O)c2n1. The third kappa shape index (κ3) is 5.15. The first-order valence-corrected chi connectivity index (χ1v) is 13.7. The molecule has 37 heavy (non-hydrogen) atoms. The monoisotopic (exact) mass is 527 g/mol. The predicted molar refractivity (Wildman–Crippen MR) is 139 cm³/mol. The van der Waals surface area contributed by atoms with Crippen LogP contribution in [0.4, 0.5) is 5.82 Å². The number of carbonyl (C=O) groups excluding carboxylic acids is 1. The van der Waals surface area contributed by atoms with Crippen molar-refractivity contribution in [2.45, 2.75) is 61.6 Å². The van der Waals surface area contributed by atoms with E-state index in [0.717, 1.165) is 18.6 Å². The maximum atomic E-state index is 12.8. The Bertz CT molecular complexity index is 1240. The van der Waals surface area contributed by atoms with Gasteiger partial charge in [0.2, 0.25) is 5.91 Å². The van der Waals surface area contributed by atoms with Crippen LogP contribution >= 0.6 is 11.8 Å². The molecule has 5 rings (SSSR count). The number of fused-ring (bicyclic) bond motifs is 1. The van der Waals surface area contributed by atoms with Gasteiger partial charge in [-0.3, -0.25) is 4.79 Å². The second-order valence-electron chi connectivity index (χ2n) is 9.79. The lowest BCUT2D eigenvalue weighted by Gasteiger charge is -2.22. The molecular weight excluding hydrogens is 494 g/mol. The Balaban J connectivity index is 1.43. The Morgan fingerprint density at radius 3 is 2.70 bits per heavy atom. The number of nitrogens with one attached hydrogen (secondary N) is 1. The van der Waals surface area contributed by atoms with Crippen LogP contribution in [0.25, 0.3) is 11.2 Å². The first-order chi connectivity index (χ1) is 17.9. The molecule has 6 unspecified atom stereocenters. The minimum Gasteiger partial charge on any atom is -0.395 e. The fourth-order valence-electron chi connectivity index (χ4n) is 5.03. The lowest BCUT2D eigenvalue weighted by Crippen LogP contribution is -2.40. The number of aliphatic hydroxyl groups is 3. The molecule has 2 aromatic heterocycles. The van der Waals surface area contributed by atoms with Gasteiger partial charge in [0.05, 0.1) is 24.7 Å². The van der Waals surface area contributed by atoms with E-state index in [9.17, 15) is 20.1 Å². The molecule has 198 valence electrons. The summed E-state index contributed by atoms with van der Waals surface area (Å²) in [7, 11) is 1.57. The van der Waals surface area contributed by atoms with Crippen molar-refractivity contribution >= 4 is 34.7 Å². The lowest BCUT2D eigenvalue weighted by atomic mass is 10.0. The lowest BCUT2D eigenvalue weighted by molar-refractivity contribution is -0.138. The minimum absolute atomic E-state index is 0.153. The Hall–Kier alpha value is -2.80. The van der Waals surface area contributed by atoms with E-state index in [2.05, 4.69) is 34.7 Å². The molecule has 2 saturated carbocycles. The second kappa shape index (κ2) is 10.9. The number of aliphatic hydroxyl groups excluding tert-OH is 3. The van der Waals surface area contributed by atoms with Crippen LogP contribution in [0.2, 0.25) is 0 Å². The van der Waals surface area contributed by atoms with E-state index in [1.807, 2.05) is 18.2 Å². The van der Waals surface area contributed by atoms with E-state index >= 15 is 0 Å². The average molecular weight is 528 g/mol. The van der Waals surface area contributed by atoms with Crippen molar-refractivity contribution in [1.29, 1.82) is 0 Å². The van der Waals surface area contributed by atoms with Crippen LogP contribution in [0.3, 0.4) is 0 Å². The standard InChI is InChI=1S/C25H33N7O4S/c1-3-11-37-25-27-22(26-17-12-15(17)14-7-5-4-6-8-14)19-23(28-25)32(30-29-19)18-13-16(20(34)21(18)35)24(36)31(2)9-10-33/h4-8,15-18,20-21,33-35H,3,9-13H2,1-2H3,(H,26,27,28). The van der Waals surface area contributed by atoms with Crippen molar-refractivity contribution in [2.75, 3.05) is 31.3 Å². The summed E-state index contributed by atoms with van der Waals surface area (Å²) in [5.74, 6) is 0.692. The number of aromatic nitrogens is 5. The van der Waals surface area contributed by atoms with Gasteiger partial charge in [0.25, 0.3) is 0 Å². The zero-order chi connectivity index (χ0) is 26.1. The van der Waals surface area contributed by atoms with Crippen LogP contribution in [-0.4, -0.2) is 95.3 Å². The van der Waals surface area contributed by atoms with Crippen molar-refractivity contribution in [1.82, 2.24) is 29.9 Å². The minimum atomic E-state index is -1.26. The van der Waals surface area contributed by atoms with Crippen molar-refractivity contribution in [3.8, 4) is 0 Å². The largest absolute Gasteiger partial charge is 0.395 e. The van der Waals surface area contributed by atoms with Gasteiger partial charge in [0.15, 0.2) is 22.1 Å². The number of nitrogens with zero attached hydrogens (tertiary/aromatic N) is 6. The molecule has 2 fully saturated rings. The Labute approximate surface area is 219 Å². The number of benzene rings is 1. The molecule has 1 aromatic carbocycles. The van der Waals surface area contributed by atoms with Crippen molar-refractivity contribution in [3.05, 3.63) is 35.9 Å². The number of anilines is 1. The fraction of sp³-hybridized carbons (Fsp3) is 0.560. The zero-order valence-electron chi connectivity index (χ0n) is 20.9. The van der Waals surface area contributed by atoms with Crippen molar-refractivity contribution in [2.24, 2.45) is 5.92 Å². The highest BCUT2D eigenvalue weighted by atomic mass is 32.2. The van der Waals surface area contributed by atoms with Crippen molar-refractivity contribution < 1.29 is 20.1 Å². The molecule has 0 saturated heterocycles. The third-order valence-electron chi connectivity index (χ3n) is 7.17. The first-order valence-electron chi connectivity index (χ1n) is 12.7. The highest BCUT2D eigenvalue weighted by Crippen LogP contribution is 2.44. The molecule has 11 nitrogen and oxygen atoms in total. The summed E-state index contributed by atoms with van der Waals surface area (Å²) in [6.45, 7) is 2.06. The fourth-order valence-corrected chi connectivity index (χ4v) is 5.72. The van der Waals surface area contributed by atoms with Crippen LogP contribution in [0.1, 0.15) is 43.7 Å². The summed E-state index contributed by atoms with van der Waals surface area (Å²) in [5.41, 5.74) is 2.23. The smallest absolute Gasteiger partial charge is 0.228 e.